The highest BCUT2D eigenvalue weighted by molar-refractivity contribution is 6.31. The summed E-state index contributed by atoms with van der Waals surface area (Å²) in [5.74, 6) is 1.40. The molecule has 4 nitrogen and oxygen atoms in total. The van der Waals surface area contributed by atoms with Gasteiger partial charge in [-0.1, -0.05) is 36.7 Å². The summed E-state index contributed by atoms with van der Waals surface area (Å²) in [6, 6.07) is 7.62. The number of rotatable bonds is 5. The van der Waals surface area contributed by atoms with E-state index < -0.39 is 0 Å². The quantitative estimate of drug-likeness (QED) is 0.911. The van der Waals surface area contributed by atoms with Crippen molar-refractivity contribution in [3.63, 3.8) is 0 Å². The zero-order valence-electron chi connectivity index (χ0n) is 11.0. The molecule has 100 valence electrons. The van der Waals surface area contributed by atoms with Gasteiger partial charge in [0.05, 0.1) is 5.56 Å². The molecule has 1 aromatic carbocycles. The summed E-state index contributed by atoms with van der Waals surface area (Å²) >= 11 is 6.10. The molecule has 0 fully saturated rings. The Labute approximate surface area is 117 Å². The summed E-state index contributed by atoms with van der Waals surface area (Å²) in [4.78, 5) is 8.36. The van der Waals surface area contributed by atoms with Crippen LogP contribution < -0.4 is 10.1 Å². The lowest BCUT2D eigenvalue weighted by molar-refractivity contribution is 0.290. The molecule has 0 saturated heterocycles. The van der Waals surface area contributed by atoms with Crippen LogP contribution in [0.2, 0.25) is 5.02 Å². The maximum atomic E-state index is 6.10. The maximum absolute atomic E-state index is 6.10. The van der Waals surface area contributed by atoms with E-state index in [2.05, 4.69) is 15.3 Å². The number of aromatic nitrogens is 2. The lowest BCUT2D eigenvalue weighted by Gasteiger charge is -2.12. The third kappa shape index (κ3) is 3.15. The molecule has 2 rings (SSSR count). The fourth-order valence-electron chi connectivity index (χ4n) is 1.82. The predicted octanol–water partition coefficient (Wildman–Crippen LogP) is 3.31. The smallest absolute Gasteiger partial charge is 0.222 e. The first-order chi connectivity index (χ1) is 9.26. The summed E-state index contributed by atoms with van der Waals surface area (Å²) in [7, 11) is 1.83. The minimum Gasteiger partial charge on any atom is -0.472 e. The van der Waals surface area contributed by atoms with Crippen molar-refractivity contribution in [3.8, 4) is 5.88 Å². The van der Waals surface area contributed by atoms with E-state index in [1.807, 2.05) is 38.2 Å². The van der Waals surface area contributed by atoms with E-state index in [4.69, 9.17) is 16.3 Å². The van der Waals surface area contributed by atoms with Gasteiger partial charge in [-0.25, -0.2) is 9.97 Å². The van der Waals surface area contributed by atoms with E-state index in [1.165, 1.54) is 6.33 Å². The lowest BCUT2D eigenvalue weighted by Crippen LogP contribution is -2.05. The van der Waals surface area contributed by atoms with Crippen LogP contribution in [0.5, 0.6) is 5.88 Å². The first-order valence-electron chi connectivity index (χ1n) is 6.14. The Morgan fingerprint density at radius 1 is 1.26 bits per heavy atom. The molecule has 0 saturated carbocycles. The second kappa shape index (κ2) is 6.38. The van der Waals surface area contributed by atoms with Gasteiger partial charge in [-0.15, -0.1) is 0 Å². The highest BCUT2D eigenvalue weighted by atomic mass is 35.5. The molecule has 1 N–H and O–H groups in total. The fraction of sp³-hybridized carbons (Fsp3) is 0.286. The number of halogens is 1. The van der Waals surface area contributed by atoms with E-state index in [9.17, 15) is 0 Å². The molecular weight excluding hydrogens is 262 g/mol. The van der Waals surface area contributed by atoms with Crippen molar-refractivity contribution in [1.82, 2.24) is 9.97 Å². The molecule has 0 aliphatic carbocycles. The van der Waals surface area contributed by atoms with Crippen LogP contribution in [0.3, 0.4) is 0 Å². The van der Waals surface area contributed by atoms with Crippen LogP contribution in [0.1, 0.15) is 18.1 Å². The molecule has 0 unspecified atom stereocenters. The standard InChI is InChI=1S/C14H16ClN3O/c1-3-11-13(16-2)17-9-18-14(11)19-8-10-6-4-5-7-12(10)15/h4-7,9H,3,8H2,1-2H3,(H,16,17,18). The Balaban J connectivity index is 2.18. The zero-order chi connectivity index (χ0) is 13.7. The summed E-state index contributed by atoms with van der Waals surface area (Å²) in [6.45, 7) is 2.44. The van der Waals surface area contributed by atoms with Gasteiger partial charge in [-0.2, -0.15) is 0 Å². The zero-order valence-corrected chi connectivity index (χ0v) is 11.7. The molecule has 0 amide bonds. The largest absolute Gasteiger partial charge is 0.472 e. The van der Waals surface area contributed by atoms with E-state index in [0.29, 0.717) is 17.5 Å². The number of nitrogens with zero attached hydrogens (tertiary/aromatic N) is 2. The summed E-state index contributed by atoms with van der Waals surface area (Å²) in [5.41, 5.74) is 1.91. The Kier molecular flexibility index (Phi) is 4.58. The number of nitrogens with one attached hydrogen (secondary N) is 1. The van der Waals surface area contributed by atoms with Gasteiger partial charge in [0.15, 0.2) is 0 Å². The van der Waals surface area contributed by atoms with Gasteiger partial charge < -0.3 is 10.1 Å². The molecule has 0 radical (unpaired) electrons. The number of ether oxygens (including phenoxy) is 1. The van der Waals surface area contributed by atoms with Crippen molar-refractivity contribution in [2.75, 3.05) is 12.4 Å². The molecule has 0 bridgehead atoms. The second-order valence-electron chi connectivity index (χ2n) is 3.99. The highest BCUT2D eigenvalue weighted by Crippen LogP contribution is 2.24. The van der Waals surface area contributed by atoms with Gasteiger partial charge in [-0.05, 0) is 12.5 Å². The van der Waals surface area contributed by atoms with E-state index in [0.717, 1.165) is 23.4 Å². The monoisotopic (exact) mass is 277 g/mol. The molecule has 0 atom stereocenters. The Morgan fingerprint density at radius 2 is 2.05 bits per heavy atom. The van der Waals surface area contributed by atoms with Crippen molar-refractivity contribution in [2.45, 2.75) is 20.0 Å². The summed E-state index contributed by atoms with van der Waals surface area (Å²) in [6.07, 6.45) is 2.29. The van der Waals surface area contributed by atoms with Crippen molar-refractivity contribution in [3.05, 3.63) is 46.7 Å². The van der Waals surface area contributed by atoms with Gasteiger partial charge in [0.1, 0.15) is 18.8 Å². The second-order valence-corrected chi connectivity index (χ2v) is 4.40. The van der Waals surface area contributed by atoms with Crippen molar-refractivity contribution in [1.29, 1.82) is 0 Å². The molecule has 0 aliphatic rings. The minimum absolute atomic E-state index is 0.396. The first-order valence-corrected chi connectivity index (χ1v) is 6.51. The summed E-state index contributed by atoms with van der Waals surface area (Å²) in [5, 5.41) is 3.74. The molecule has 5 heteroatoms. The van der Waals surface area contributed by atoms with Crippen LogP contribution in [0.4, 0.5) is 5.82 Å². The predicted molar refractivity (Wildman–Crippen MR) is 76.7 cm³/mol. The number of hydrogen-bond acceptors (Lipinski definition) is 4. The van der Waals surface area contributed by atoms with Crippen molar-refractivity contribution >= 4 is 17.4 Å². The Hall–Kier alpha value is -1.81. The highest BCUT2D eigenvalue weighted by Gasteiger charge is 2.10. The first kappa shape index (κ1) is 13.6. The average Bonchev–Trinajstić information content (AvgIpc) is 2.45. The van der Waals surface area contributed by atoms with Crippen LogP contribution >= 0.6 is 11.6 Å². The average molecular weight is 278 g/mol. The van der Waals surface area contributed by atoms with E-state index >= 15 is 0 Å². The van der Waals surface area contributed by atoms with Crippen LogP contribution in [0.15, 0.2) is 30.6 Å². The van der Waals surface area contributed by atoms with Gasteiger partial charge in [0.2, 0.25) is 5.88 Å². The van der Waals surface area contributed by atoms with Crippen LogP contribution in [-0.2, 0) is 13.0 Å². The number of anilines is 1. The fourth-order valence-corrected chi connectivity index (χ4v) is 2.01. The molecule has 0 aliphatic heterocycles. The molecule has 1 heterocycles. The number of benzene rings is 1. The minimum atomic E-state index is 0.396. The molecule has 1 aromatic heterocycles. The third-order valence-electron chi connectivity index (χ3n) is 2.82. The van der Waals surface area contributed by atoms with Gasteiger partial charge in [-0.3, -0.25) is 0 Å². The number of hydrogen-bond donors (Lipinski definition) is 1. The van der Waals surface area contributed by atoms with E-state index in [-0.39, 0.29) is 0 Å². The van der Waals surface area contributed by atoms with Crippen molar-refractivity contribution < 1.29 is 4.74 Å². The molecule has 0 spiro atoms. The third-order valence-corrected chi connectivity index (χ3v) is 3.19. The van der Waals surface area contributed by atoms with Gasteiger partial charge in [0.25, 0.3) is 0 Å². The topological polar surface area (TPSA) is 47.0 Å². The van der Waals surface area contributed by atoms with Crippen LogP contribution in [-0.4, -0.2) is 17.0 Å². The van der Waals surface area contributed by atoms with Gasteiger partial charge >= 0.3 is 0 Å². The maximum Gasteiger partial charge on any atom is 0.222 e. The normalized spacial score (nSPS) is 10.3. The van der Waals surface area contributed by atoms with Crippen molar-refractivity contribution in [2.24, 2.45) is 0 Å². The van der Waals surface area contributed by atoms with Gasteiger partial charge in [0, 0.05) is 17.6 Å². The van der Waals surface area contributed by atoms with Crippen LogP contribution in [0.25, 0.3) is 0 Å². The summed E-state index contributed by atoms with van der Waals surface area (Å²) < 4.78 is 5.76. The van der Waals surface area contributed by atoms with Crippen LogP contribution in [0, 0.1) is 0 Å². The molecule has 19 heavy (non-hydrogen) atoms. The Bertz CT molecular complexity index is 560. The SMILES string of the molecule is CCc1c(NC)ncnc1OCc1ccccc1Cl. The molecular formula is C14H16ClN3O. The molecule has 2 aromatic rings. The lowest BCUT2D eigenvalue weighted by atomic mass is 10.2. The Morgan fingerprint density at radius 3 is 2.74 bits per heavy atom. The van der Waals surface area contributed by atoms with E-state index in [1.54, 1.807) is 0 Å².